The van der Waals surface area contributed by atoms with Gasteiger partial charge in [0.1, 0.15) is 6.04 Å². The van der Waals surface area contributed by atoms with Crippen molar-refractivity contribution in [1.29, 1.82) is 0 Å². The van der Waals surface area contributed by atoms with Gasteiger partial charge in [0.25, 0.3) is 0 Å². The van der Waals surface area contributed by atoms with Gasteiger partial charge < -0.3 is 19.7 Å². The molecule has 0 fully saturated rings. The zero-order chi connectivity index (χ0) is 15.3. The van der Waals surface area contributed by atoms with Crippen LogP contribution in [-0.2, 0) is 9.59 Å². The predicted molar refractivity (Wildman–Crippen MR) is 70.2 cm³/mol. The number of rotatable bonds is 7. The first-order valence-corrected chi connectivity index (χ1v) is 5.77. The van der Waals surface area contributed by atoms with Crippen LogP contribution in [0.1, 0.15) is 11.6 Å². The summed E-state index contributed by atoms with van der Waals surface area (Å²) in [6, 6.07) is 3.60. The fraction of sp³-hybridized carbons (Fsp3) is 0.385. The monoisotopic (exact) mass is 283 g/mol. The Hall–Kier alpha value is -2.28. The molecule has 1 atom stereocenters. The van der Waals surface area contributed by atoms with E-state index in [4.69, 9.17) is 14.6 Å². The van der Waals surface area contributed by atoms with Crippen molar-refractivity contribution in [2.45, 2.75) is 6.04 Å². The van der Waals surface area contributed by atoms with Gasteiger partial charge in [-0.2, -0.15) is 0 Å². The number of hydrogen-bond acceptors (Lipinski definition) is 5. The number of benzene rings is 1. The van der Waals surface area contributed by atoms with Crippen LogP contribution in [-0.4, -0.2) is 54.9 Å². The van der Waals surface area contributed by atoms with Crippen molar-refractivity contribution in [3.63, 3.8) is 0 Å². The van der Waals surface area contributed by atoms with Gasteiger partial charge in [0.2, 0.25) is 0 Å². The fourth-order valence-electron chi connectivity index (χ4n) is 1.91. The maximum atomic E-state index is 11.4. The molecule has 1 rings (SSSR count). The Kier molecular flexibility index (Phi) is 5.33. The van der Waals surface area contributed by atoms with Crippen LogP contribution in [0.4, 0.5) is 0 Å². The van der Waals surface area contributed by atoms with E-state index in [-0.39, 0.29) is 6.54 Å². The summed E-state index contributed by atoms with van der Waals surface area (Å²) in [5, 5.41) is 18.1. The summed E-state index contributed by atoms with van der Waals surface area (Å²) in [5.74, 6) is -1.37. The number of methoxy groups -OCH3 is 2. The van der Waals surface area contributed by atoms with Gasteiger partial charge in [-0.3, -0.25) is 14.5 Å². The van der Waals surface area contributed by atoms with Crippen LogP contribution >= 0.6 is 0 Å². The Morgan fingerprint density at radius 3 is 2.25 bits per heavy atom. The van der Waals surface area contributed by atoms with Gasteiger partial charge >= 0.3 is 11.9 Å². The normalized spacial score (nSPS) is 12.0. The van der Waals surface area contributed by atoms with Gasteiger partial charge in [-0.15, -0.1) is 0 Å². The van der Waals surface area contributed by atoms with Crippen molar-refractivity contribution in [1.82, 2.24) is 4.90 Å². The molecule has 7 heteroatoms. The molecule has 0 spiro atoms. The second-order valence-electron chi connectivity index (χ2n) is 4.16. The Bertz CT molecular complexity index is 502. The van der Waals surface area contributed by atoms with Gasteiger partial charge in [0.05, 0.1) is 20.8 Å². The van der Waals surface area contributed by atoms with Crippen molar-refractivity contribution < 1.29 is 29.3 Å². The number of likely N-dealkylation sites (N-methyl/N-ethyl adjacent to an activating group) is 1. The molecule has 1 aromatic carbocycles. The van der Waals surface area contributed by atoms with Gasteiger partial charge in [-0.25, -0.2) is 0 Å². The lowest BCUT2D eigenvalue weighted by molar-refractivity contribution is -0.145. The van der Waals surface area contributed by atoms with Crippen LogP contribution in [0.5, 0.6) is 11.5 Å². The minimum Gasteiger partial charge on any atom is -0.493 e. The Morgan fingerprint density at radius 2 is 1.80 bits per heavy atom. The number of aliphatic carboxylic acids is 2. The van der Waals surface area contributed by atoms with E-state index >= 15 is 0 Å². The van der Waals surface area contributed by atoms with Gasteiger partial charge in [-0.1, -0.05) is 6.07 Å². The summed E-state index contributed by atoms with van der Waals surface area (Å²) in [6.07, 6.45) is 0. The molecule has 0 radical (unpaired) electrons. The maximum Gasteiger partial charge on any atom is 0.325 e. The molecule has 110 valence electrons. The molecule has 0 aliphatic heterocycles. The van der Waals surface area contributed by atoms with Gasteiger partial charge in [0, 0.05) is 0 Å². The minimum absolute atomic E-state index is 0.384. The highest BCUT2D eigenvalue weighted by Crippen LogP contribution is 2.31. The van der Waals surface area contributed by atoms with E-state index in [1.807, 2.05) is 0 Å². The number of ether oxygens (including phenoxy) is 2. The SMILES string of the molecule is COc1ccc(C(C(=O)O)N(C)CC(=O)O)cc1OC. The maximum absolute atomic E-state index is 11.4. The molecule has 0 saturated carbocycles. The Labute approximate surface area is 116 Å². The summed E-state index contributed by atoms with van der Waals surface area (Å²) in [4.78, 5) is 23.3. The fourth-order valence-corrected chi connectivity index (χ4v) is 1.91. The molecule has 7 nitrogen and oxygen atoms in total. The van der Waals surface area contributed by atoms with Crippen molar-refractivity contribution in [2.75, 3.05) is 27.8 Å². The van der Waals surface area contributed by atoms with Gasteiger partial charge in [0.15, 0.2) is 11.5 Å². The second kappa shape index (κ2) is 6.76. The van der Waals surface area contributed by atoms with Crippen molar-refractivity contribution >= 4 is 11.9 Å². The molecule has 0 aliphatic carbocycles. The van der Waals surface area contributed by atoms with Crippen LogP contribution in [0.15, 0.2) is 18.2 Å². The molecule has 0 aromatic heterocycles. The minimum atomic E-state index is -1.14. The largest absolute Gasteiger partial charge is 0.493 e. The van der Waals surface area contributed by atoms with Crippen LogP contribution in [0.3, 0.4) is 0 Å². The topological polar surface area (TPSA) is 96.3 Å². The predicted octanol–water partition coefficient (Wildman–Crippen LogP) is 0.846. The quantitative estimate of drug-likeness (QED) is 0.765. The summed E-state index contributed by atoms with van der Waals surface area (Å²) < 4.78 is 10.2. The summed E-state index contributed by atoms with van der Waals surface area (Å²) >= 11 is 0. The molecule has 20 heavy (non-hydrogen) atoms. The average molecular weight is 283 g/mol. The van der Waals surface area contributed by atoms with Crippen molar-refractivity contribution in [3.8, 4) is 11.5 Å². The number of carboxylic acids is 2. The Morgan fingerprint density at radius 1 is 1.20 bits per heavy atom. The number of carboxylic acid groups (broad SMARTS) is 2. The first-order valence-electron chi connectivity index (χ1n) is 5.77. The van der Waals surface area contributed by atoms with Crippen LogP contribution in [0, 0.1) is 0 Å². The van der Waals surface area contributed by atoms with E-state index in [1.165, 1.54) is 32.2 Å². The smallest absolute Gasteiger partial charge is 0.325 e. The van der Waals surface area contributed by atoms with Gasteiger partial charge in [-0.05, 0) is 24.7 Å². The lowest BCUT2D eigenvalue weighted by Crippen LogP contribution is -2.34. The molecule has 0 heterocycles. The molecule has 1 aromatic rings. The molecule has 0 aliphatic rings. The molecular formula is C13H17NO6. The lowest BCUT2D eigenvalue weighted by Gasteiger charge is -2.23. The third-order valence-corrected chi connectivity index (χ3v) is 2.78. The number of hydrogen-bond donors (Lipinski definition) is 2. The number of nitrogens with zero attached hydrogens (tertiary/aromatic N) is 1. The molecule has 2 N–H and O–H groups in total. The highest BCUT2D eigenvalue weighted by Gasteiger charge is 2.27. The van der Waals surface area contributed by atoms with Crippen LogP contribution < -0.4 is 9.47 Å². The summed E-state index contributed by atoms with van der Waals surface area (Å²) in [7, 11) is 4.35. The average Bonchev–Trinajstić information content (AvgIpc) is 2.37. The van der Waals surface area contributed by atoms with E-state index in [9.17, 15) is 14.7 Å². The van der Waals surface area contributed by atoms with E-state index in [2.05, 4.69) is 0 Å². The lowest BCUT2D eigenvalue weighted by atomic mass is 10.0. The van der Waals surface area contributed by atoms with E-state index in [0.717, 1.165) is 0 Å². The molecule has 0 saturated heterocycles. The summed E-state index contributed by atoms with van der Waals surface area (Å²) in [5.41, 5.74) is 0.416. The second-order valence-corrected chi connectivity index (χ2v) is 4.16. The standard InChI is InChI=1S/C13H17NO6/c1-14(7-11(15)16)12(13(17)18)8-4-5-9(19-2)10(6-8)20-3/h4-6,12H,7H2,1-3H3,(H,15,16)(H,17,18). The van der Waals surface area contributed by atoms with E-state index in [0.29, 0.717) is 17.1 Å². The van der Waals surface area contributed by atoms with E-state index < -0.39 is 18.0 Å². The van der Waals surface area contributed by atoms with Crippen LogP contribution in [0.2, 0.25) is 0 Å². The third-order valence-electron chi connectivity index (χ3n) is 2.78. The molecular weight excluding hydrogens is 266 g/mol. The highest BCUT2D eigenvalue weighted by molar-refractivity contribution is 5.77. The molecule has 1 unspecified atom stereocenters. The Balaban J connectivity index is 3.15. The summed E-state index contributed by atoms with van der Waals surface area (Å²) in [6.45, 7) is -0.384. The van der Waals surface area contributed by atoms with Crippen molar-refractivity contribution in [2.24, 2.45) is 0 Å². The third kappa shape index (κ3) is 3.61. The zero-order valence-electron chi connectivity index (χ0n) is 11.5. The first kappa shape index (κ1) is 15.8. The number of carbonyl (C=O) groups is 2. The first-order chi connectivity index (χ1) is 9.40. The molecule has 0 bridgehead atoms. The molecule has 0 amide bonds. The van der Waals surface area contributed by atoms with Crippen molar-refractivity contribution in [3.05, 3.63) is 23.8 Å². The highest BCUT2D eigenvalue weighted by atomic mass is 16.5. The van der Waals surface area contributed by atoms with Crippen LogP contribution in [0.25, 0.3) is 0 Å². The van der Waals surface area contributed by atoms with E-state index in [1.54, 1.807) is 12.1 Å². The zero-order valence-corrected chi connectivity index (χ0v) is 11.5.